The SMILES string of the molecule is CN(C)C.Cl.Cl.NCCCO. The van der Waals surface area contributed by atoms with E-state index >= 15 is 0 Å². The molecule has 0 aromatic carbocycles. The Morgan fingerprint density at radius 1 is 1.18 bits per heavy atom. The first kappa shape index (κ1) is 22.5. The van der Waals surface area contributed by atoms with E-state index in [2.05, 4.69) is 0 Å². The van der Waals surface area contributed by atoms with E-state index in [1.54, 1.807) is 0 Å². The van der Waals surface area contributed by atoms with Gasteiger partial charge in [-0.25, -0.2) is 0 Å². The molecule has 11 heavy (non-hydrogen) atoms. The van der Waals surface area contributed by atoms with Crippen LogP contribution in [0.2, 0.25) is 0 Å². The Bertz CT molecular complexity index is 42.8. The summed E-state index contributed by atoms with van der Waals surface area (Å²) >= 11 is 0. The van der Waals surface area contributed by atoms with Gasteiger partial charge in [0, 0.05) is 6.61 Å². The van der Waals surface area contributed by atoms with Crippen LogP contribution in [0, 0.1) is 0 Å². The summed E-state index contributed by atoms with van der Waals surface area (Å²) < 4.78 is 0. The molecule has 0 saturated heterocycles. The lowest BCUT2D eigenvalue weighted by atomic mass is 10.5. The Morgan fingerprint density at radius 3 is 1.45 bits per heavy atom. The van der Waals surface area contributed by atoms with Gasteiger partial charge in [0.15, 0.2) is 0 Å². The van der Waals surface area contributed by atoms with Crippen LogP contribution < -0.4 is 5.73 Å². The van der Waals surface area contributed by atoms with Crippen LogP contribution in [0.3, 0.4) is 0 Å². The number of hydrogen-bond acceptors (Lipinski definition) is 3. The molecule has 0 rings (SSSR count). The second kappa shape index (κ2) is 22.4. The Morgan fingerprint density at radius 2 is 1.45 bits per heavy atom. The molecule has 3 nitrogen and oxygen atoms in total. The molecule has 0 atom stereocenters. The predicted octanol–water partition coefficient (Wildman–Crippen LogP) is 0.349. The molecular weight excluding hydrogens is 187 g/mol. The summed E-state index contributed by atoms with van der Waals surface area (Å²) in [7, 11) is 6.00. The number of rotatable bonds is 2. The standard InChI is InChI=1S/C3H9NO.C3H9N.2ClH/c4-2-1-3-5;1-4(2)3;;/h5H,1-4H2;1-3H3;2*1H. The smallest absolute Gasteiger partial charge is 0.0443 e. The summed E-state index contributed by atoms with van der Waals surface area (Å²) in [5.74, 6) is 0. The van der Waals surface area contributed by atoms with Crippen molar-refractivity contribution in [1.29, 1.82) is 0 Å². The average Bonchev–Trinajstić information content (AvgIpc) is 1.66. The molecule has 5 heteroatoms. The maximum Gasteiger partial charge on any atom is 0.0443 e. The van der Waals surface area contributed by atoms with Crippen LogP contribution in [-0.4, -0.2) is 44.3 Å². The summed E-state index contributed by atoms with van der Waals surface area (Å²) in [6, 6.07) is 0. The number of nitrogens with two attached hydrogens (primary N) is 1. The Labute approximate surface area is 81.8 Å². The lowest BCUT2D eigenvalue weighted by molar-refractivity contribution is 0.291. The number of nitrogens with zero attached hydrogens (tertiary/aromatic N) is 1. The zero-order valence-corrected chi connectivity index (χ0v) is 9.04. The fourth-order valence-corrected chi connectivity index (χ4v) is 0.0913. The molecule has 0 amide bonds. The molecule has 0 aliphatic heterocycles. The Balaban J connectivity index is -0.0000000383. The van der Waals surface area contributed by atoms with E-state index in [0.29, 0.717) is 6.54 Å². The molecule has 0 radical (unpaired) electrons. The minimum atomic E-state index is 0. The molecule has 0 spiro atoms. The van der Waals surface area contributed by atoms with Crippen molar-refractivity contribution in [3.63, 3.8) is 0 Å². The Kier molecular flexibility index (Phi) is 45.9. The summed E-state index contributed by atoms with van der Waals surface area (Å²) in [6.07, 6.45) is 0.722. The van der Waals surface area contributed by atoms with Gasteiger partial charge in [-0.1, -0.05) is 0 Å². The molecule has 0 aliphatic carbocycles. The topological polar surface area (TPSA) is 49.5 Å². The first-order chi connectivity index (χ1) is 4.15. The highest BCUT2D eigenvalue weighted by atomic mass is 35.5. The van der Waals surface area contributed by atoms with Crippen molar-refractivity contribution < 1.29 is 5.11 Å². The van der Waals surface area contributed by atoms with Gasteiger partial charge in [0.1, 0.15) is 0 Å². The van der Waals surface area contributed by atoms with Crippen molar-refractivity contribution in [3.05, 3.63) is 0 Å². The molecular formula is C6H20Cl2N2O. The van der Waals surface area contributed by atoms with Crippen LogP contribution >= 0.6 is 24.8 Å². The maximum atomic E-state index is 7.99. The molecule has 0 saturated carbocycles. The van der Waals surface area contributed by atoms with Gasteiger partial charge < -0.3 is 15.7 Å². The quantitative estimate of drug-likeness (QED) is 0.686. The van der Waals surface area contributed by atoms with Gasteiger partial charge in [-0.05, 0) is 34.1 Å². The fraction of sp³-hybridized carbons (Fsp3) is 1.00. The molecule has 0 aliphatic rings. The molecule has 0 aromatic heterocycles. The number of aliphatic hydroxyl groups is 1. The average molecular weight is 207 g/mol. The van der Waals surface area contributed by atoms with Crippen LogP contribution in [-0.2, 0) is 0 Å². The van der Waals surface area contributed by atoms with Crippen molar-refractivity contribution >= 4 is 24.8 Å². The van der Waals surface area contributed by atoms with Crippen molar-refractivity contribution in [2.24, 2.45) is 5.73 Å². The number of halogens is 2. The molecule has 3 N–H and O–H groups in total. The molecule has 0 unspecified atom stereocenters. The van der Waals surface area contributed by atoms with E-state index in [9.17, 15) is 0 Å². The van der Waals surface area contributed by atoms with Crippen LogP contribution in [0.25, 0.3) is 0 Å². The molecule has 0 aromatic rings. The minimum absolute atomic E-state index is 0. The number of aliphatic hydroxyl groups excluding tert-OH is 1. The van der Waals surface area contributed by atoms with Gasteiger partial charge in [0.25, 0.3) is 0 Å². The van der Waals surface area contributed by atoms with E-state index in [1.165, 1.54) is 0 Å². The lowest BCUT2D eigenvalue weighted by Gasteiger charge is -1.90. The molecule has 0 fully saturated rings. The van der Waals surface area contributed by atoms with Crippen molar-refractivity contribution in [2.45, 2.75) is 6.42 Å². The monoisotopic (exact) mass is 206 g/mol. The highest BCUT2D eigenvalue weighted by Crippen LogP contribution is 1.62. The van der Waals surface area contributed by atoms with Gasteiger partial charge >= 0.3 is 0 Å². The van der Waals surface area contributed by atoms with Gasteiger partial charge in [0.2, 0.25) is 0 Å². The first-order valence-corrected chi connectivity index (χ1v) is 3.07. The third-order valence-corrected chi connectivity index (χ3v) is 0.362. The van der Waals surface area contributed by atoms with Crippen LogP contribution in [0.15, 0.2) is 0 Å². The minimum Gasteiger partial charge on any atom is -0.396 e. The van der Waals surface area contributed by atoms with Gasteiger partial charge in [-0.2, -0.15) is 0 Å². The Hall–Kier alpha value is 0.460. The second-order valence-electron chi connectivity index (χ2n) is 2.21. The van der Waals surface area contributed by atoms with Gasteiger partial charge in [-0.3, -0.25) is 0 Å². The molecule has 0 heterocycles. The van der Waals surface area contributed by atoms with Crippen molar-refractivity contribution in [1.82, 2.24) is 4.90 Å². The third-order valence-electron chi connectivity index (χ3n) is 0.362. The summed E-state index contributed by atoms with van der Waals surface area (Å²) in [5.41, 5.74) is 4.98. The van der Waals surface area contributed by atoms with Crippen LogP contribution in [0.4, 0.5) is 0 Å². The maximum absolute atomic E-state index is 7.99. The van der Waals surface area contributed by atoms with Gasteiger partial charge in [-0.15, -0.1) is 24.8 Å². The van der Waals surface area contributed by atoms with E-state index < -0.39 is 0 Å². The normalized spacial score (nSPS) is 7.09. The highest BCUT2D eigenvalue weighted by Gasteiger charge is 1.69. The van der Waals surface area contributed by atoms with Crippen molar-refractivity contribution in [2.75, 3.05) is 34.3 Å². The van der Waals surface area contributed by atoms with Crippen LogP contribution in [0.5, 0.6) is 0 Å². The van der Waals surface area contributed by atoms with Gasteiger partial charge in [0.05, 0.1) is 0 Å². The molecule has 0 bridgehead atoms. The summed E-state index contributed by atoms with van der Waals surface area (Å²) in [5, 5.41) is 7.99. The third kappa shape index (κ3) is 124. The van der Waals surface area contributed by atoms with E-state index in [1.807, 2.05) is 26.0 Å². The highest BCUT2D eigenvalue weighted by molar-refractivity contribution is 5.85. The van der Waals surface area contributed by atoms with Crippen molar-refractivity contribution in [3.8, 4) is 0 Å². The van der Waals surface area contributed by atoms with E-state index in [0.717, 1.165) is 6.42 Å². The van der Waals surface area contributed by atoms with Crippen LogP contribution in [0.1, 0.15) is 6.42 Å². The summed E-state index contributed by atoms with van der Waals surface area (Å²) in [4.78, 5) is 2.00. The largest absolute Gasteiger partial charge is 0.396 e. The second-order valence-corrected chi connectivity index (χ2v) is 2.21. The summed E-state index contributed by atoms with van der Waals surface area (Å²) in [6.45, 7) is 0.812. The number of hydrogen-bond donors (Lipinski definition) is 2. The first-order valence-electron chi connectivity index (χ1n) is 3.07. The predicted molar refractivity (Wildman–Crippen MR) is 54.9 cm³/mol. The van der Waals surface area contributed by atoms with E-state index in [4.69, 9.17) is 10.8 Å². The lowest BCUT2D eigenvalue weighted by Crippen LogP contribution is -1.99. The fourth-order valence-electron chi connectivity index (χ4n) is 0.0913. The van der Waals surface area contributed by atoms with E-state index in [-0.39, 0.29) is 31.4 Å². The zero-order valence-electron chi connectivity index (χ0n) is 7.41. The molecule has 74 valence electrons. The zero-order chi connectivity index (χ0) is 7.70.